The standard InChI is InChI=1S/C19H19NO2/c1-14(2)17(13-15-9-5-3-6-10-15)20-19(22)18(21)16-11-7-4-8-12-16/h3-12,17H,1,13H2,2H3,(H,20,22)/t17-/m0/s1. The van der Waals surface area contributed by atoms with E-state index >= 15 is 0 Å². The lowest BCUT2D eigenvalue weighted by molar-refractivity contribution is -0.117. The molecule has 3 nitrogen and oxygen atoms in total. The van der Waals surface area contributed by atoms with Gasteiger partial charge in [-0.3, -0.25) is 9.59 Å². The van der Waals surface area contributed by atoms with Crippen LogP contribution in [0.3, 0.4) is 0 Å². The highest BCUT2D eigenvalue weighted by Crippen LogP contribution is 2.09. The maximum Gasteiger partial charge on any atom is 0.292 e. The smallest absolute Gasteiger partial charge is 0.292 e. The fourth-order valence-corrected chi connectivity index (χ4v) is 2.14. The van der Waals surface area contributed by atoms with Crippen molar-refractivity contribution in [1.29, 1.82) is 0 Å². The summed E-state index contributed by atoms with van der Waals surface area (Å²) in [6.07, 6.45) is 0.615. The lowest BCUT2D eigenvalue weighted by Gasteiger charge is -2.18. The second kappa shape index (κ2) is 7.36. The van der Waals surface area contributed by atoms with Gasteiger partial charge in [0.15, 0.2) is 0 Å². The molecule has 112 valence electrons. The predicted octanol–water partition coefficient (Wildman–Crippen LogP) is 3.17. The van der Waals surface area contributed by atoms with Crippen LogP contribution in [0.1, 0.15) is 22.8 Å². The van der Waals surface area contributed by atoms with Gasteiger partial charge in [-0.15, -0.1) is 0 Å². The van der Waals surface area contributed by atoms with Crippen LogP contribution in [0.2, 0.25) is 0 Å². The molecule has 0 heterocycles. The Morgan fingerprint density at radius 2 is 1.55 bits per heavy atom. The van der Waals surface area contributed by atoms with Crippen LogP contribution < -0.4 is 5.32 Å². The van der Waals surface area contributed by atoms with E-state index in [1.807, 2.05) is 37.3 Å². The predicted molar refractivity (Wildman–Crippen MR) is 87.7 cm³/mol. The van der Waals surface area contributed by atoms with Crippen LogP contribution in [0.25, 0.3) is 0 Å². The van der Waals surface area contributed by atoms with Crippen LogP contribution >= 0.6 is 0 Å². The molecule has 0 unspecified atom stereocenters. The maximum absolute atomic E-state index is 12.1. The second-order valence-corrected chi connectivity index (χ2v) is 5.26. The van der Waals surface area contributed by atoms with Gasteiger partial charge in [0.25, 0.3) is 5.91 Å². The summed E-state index contributed by atoms with van der Waals surface area (Å²) < 4.78 is 0. The van der Waals surface area contributed by atoms with Gasteiger partial charge in [0.05, 0.1) is 6.04 Å². The van der Waals surface area contributed by atoms with Gasteiger partial charge in [-0.2, -0.15) is 0 Å². The SMILES string of the molecule is C=C(C)[C@H](Cc1ccccc1)NC(=O)C(=O)c1ccccc1. The lowest BCUT2D eigenvalue weighted by Crippen LogP contribution is -2.41. The number of nitrogens with one attached hydrogen (secondary N) is 1. The van der Waals surface area contributed by atoms with E-state index in [0.717, 1.165) is 11.1 Å². The molecule has 0 radical (unpaired) electrons. The van der Waals surface area contributed by atoms with E-state index in [9.17, 15) is 9.59 Å². The van der Waals surface area contributed by atoms with Gasteiger partial charge >= 0.3 is 0 Å². The van der Waals surface area contributed by atoms with Gasteiger partial charge in [-0.25, -0.2) is 0 Å². The van der Waals surface area contributed by atoms with Crippen LogP contribution in [0.5, 0.6) is 0 Å². The Bertz CT molecular complexity index is 662. The van der Waals surface area contributed by atoms with E-state index in [1.54, 1.807) is 30.3 Å². The molecule has 1 N–H and O–H groups in total. The van der Waals surface area contributed by atoms with Gasteiger partial charge in [-0.05, 0) is 18.9 Å². The van der Waals surface area contributed by atoms with Crippen molar-refractivity contribution in [3.63, 3.8) is 0 Å². The Labute approximate surface area is 130 Å². The quantitative estimate of drug-likeness (QED) is 0.505. The van der Waals surface area contributed by atoms with Crippen molar-refractivity contribution in [1.82, 2.24) is 5.32 Å². The minimum atomic E-state index is -0.602. The summed E-state index contributed by atoms with van der Waals surface area (Å²) in [4.78, 5) is 24.3. The van der Waals surface area contributed by atoms with Crippen LogP contribution in [0, 0.1) is 0 Å². The zero-order valence-electron chi connectivity index (χ0n) is 12.6. The Kier molecular flexibility index (Phi) is 5.26. The summed E-state index contributed by atoms with van der Waals surface area (Å²) in [6, 6.07) is 18.1. The zero-order valence-corrected chi connectivity index (χ0v) is 12.6. The third kappa shape index (κ3) is 4.16. The van der Waals surface area contributed by atoms with Gasteiger partial charge < -0.3 is 5.32 Å². The van der Waals surface area contributed by atoms with E-state index in [0.29, 0.717) is 12.0 Å². The highest BCUT2D eigenvalue weighted by molar-refractivity contribution is 6.42. The molecule has 1 atom stereocenters. The molecule has 0 aliphatic carbocycles. The van der Waals surface area contributed by atoms with E-state index in [2.05, 4.69) is 11.9 Å². The molecule has 0 saturated heterocycles. The highest BCUT2D eigenvalue weighted by Gasteiger charge is 2.20. The van der Waals surface area contributed by atoms with E-state index in [1.165, 1.54) is 0 Å². The first kappa shape index (κ1) is 15.7. The molecular weight excluding hydrogens is 274 g/mol. The van der Waals surface area contributed by atoms with E-state index < -0.39 is 11.7 Å². The normalized spacial score (nSPS) is 11.5. The van der Waals surface area contributed by atoms with Gasteiger partial charge in [0.1, 0.15) is 0 Å². The molecule has 0 spiro atoms. The fraction of sp³-hybridized carbons (Fsp3) is 0.158. The molecular formula is C19H19NO2. The van der Waals surface area contributed by atoms with E-state index in [4.69, 9.17) is 0 Å². The minimum absolute atomic E-state index is 0.262. The lowest BCUT2D eigenvalue weighted by atomic mass is 10.0. The Balaban J connectivity index is 2.06. The van der Waals surface area contributed by atoms with Crippen molar-refractivity contribution in [2.75, 3.05) is 0 Å². The highest BCUT2D eigenvalue weighted by atomic mass is 16.2. The topological polar surface area (TPSA) is 46.2 Å². The number of carbonyl (C=O) groups excluding carboxylic acids is 2. The summed E-state index contributed by atoms with van der Waals surface area (Å²) in [5.41, 5.74) is 2.29. The van der Waals surface area contributed by atoms with E-state index in [-0.39, 0.29) is 6.04 Å². The maximum atomic E-state index is 12.1. The van der Waals surface area contributed by atoms with Crippen molar-refractivity contribution in [3.8, 4) is 0 Å². The molecule has 2 rings (SSSR count). The van der Waals surface area contributed by atoms with Crippen molar-refractivity contribution < 1.29 is 9.59 Å². The number of amides is 1. The third-order valence-electron chi connectivity index (χ3n) is 3.43. The van der Waals surface area contributed by atoms with Crippen LogP contribution in [-0.4, -0.2) is 17.7 Å². The Hall–Kier alpha value is -2.68. The number of carbonyl (C=O) groups is 2. The molecule has 0 saturated carbocycles. The summed E-state index contributed by atoms with van der Waals surface area (Å²) in [5, 5.41) is 2.78. The average molecular weight is 293 g/mol. The molecule has 0 bridgehead atoms. The number of benzene rings is 2. The molecule has 1 amide bonds. The molecule has 0 aromatic heterocycles. The summed E-state index contributed by atoms with van der Waals surface area (Å²) in [6.45, 7) is 5.76. The minimum Gasteiger partial charge on any atom is -0.342 e. The largest absolute Gasteiger partial charge is 0.342 e. The van der Waals surface area contributed by atoms with Gasteiger partial charge in [0, 0.05) is 5.56 Å². The third-order valence-corrected chi connectivity index (χ3v) is 3.43. The molecule has 3 heteroatoms. The monoisotopic (exact) mass is 293 g/mol. The first-order valence-electron chi connectivity index (χ1n) is 7.17. The zero-order chi connectivity index (χ0) is 15.9. The molecule has 2 aromatic carbocycles. The Morgan fingerprint density at radius 3 is 2.09 bits per heavy atom. The fourth-order valence-electron chi connectivity index (χ4n) is 2.14. The molecule has 0 fully saturated rings. The number of Topliss-reactive ketones (excluding diaryl/α,β-unsaturated/α-hetero) is 1. The first-order chi connectivity index (χ1) is 10.6. The van der Waals surface area contributed by atoms with Crippen LogP contribution in [0.4, 0.5) is 0 Å². The molecule has 0 aliphatic rings. The van der Waals surface area contributed by atoms with Crippen molar-refractivity contribution in [2.45, 2.75) is 19.4 Å². The van der Waals surface area contributed by atoms with Crippen molar-refractivity contribution in [3.05, 3.63) is 83.9 Å². The summed E-state index contributed by atoms with van der Waals surface area (Å²) in [7, 11) is 0. The molecule has 2 aromatic rings. The van der Waals surface area contributed by atoms with Crippen molar-refractivity contribution in [2.24, 2.45) is 0 Å². The van der Waals surface area contributed by atoms with Crippen molar-refractivity contribution >= 4 is 11.7 Å². The molecule has 22 heavy (non-hydrogen) atoms. The Morgan fingerprint density at radius 1 is 1.00 bits per heavy atom. The molecule has 0 aliphatic heterocycles. The number of hydrogen-bond acceptors (Lipinski definition) is 2. The second-order valence-electron chi connectivity index (χ2n) is 5.26. The van der Waals surface area contributed by atoms with Gasteiger partial charge in [0.2, 0.25) is 5.78 Å². The first-order valence-corrected chi connectivity index (χ1v) is 7.17. The van der Waals surface area contributed by atoms with Gasteiger partial charge in [-0.1, -0.05) is 72.8 Å². The number of rotatable bonds is 6. The summed E-state index contributed by atoms with van der Waals surface area (Å²) in [5.74, 6) is -1.13. The average Bonchev–Trinajstić information content (AvgIpc) is 2.55. The summed E-state index contributed by atoms with van der Waals surface area (Å²) >= 11 is 0. The van der Waals surface area contributed by atoms with Crippen LogP contribution in [0.15, 0.2) is 72.8 Å². The van der Waals surface area contributed by atoms with Crippen LogP contribution in [-0.2, 0) is 11.2 Å². The number of ketones is 1. The number of hydrogen-bond donors (Lipinski definition) is 1.